The molecule has 1 atom stereocenters. The van der Waals surface area contributed by atoms with E-state index in [1.165, 1.54) is 0 Å². The normalized spacial score (nSPS) is 14.3. The number of aryl methyl sites for hydroxylation is 1. The standard InChI is InChI=1S/C16H25NO4S/c1-3-16(2,13-18)17-15(19)12-22(20,21)11-7-10-14-8-5-4-6-9-14/h4-6,8-9,18H,3,7,10-13H2,1-2H3,(H,17,19). The number of hydrogen-bond acceptors (Lipinski definition) is 4. The van der Waals surface area contributed by atoms with Crippen molar-refractivity contribution >= 4 is 15.7 Å². The zero-order valence-electron chi connectivity index (χ0n) is 13.2. The molecule has 6 heteroatoms. The van der Waals surface area contributed by atoms with E-state index in [2.05, 4.69) is 5.32 Å². The minimum absolute atomic E-state index is 0.0166. The molecule has 1 unspecified atom stereocenters. The van der Waals surface area contributed by atoms with E-state index in [1.54, 1.807) is 6.92 Å². The van der Waals surface area contributed by atoms with Gasteiger partial charge < -0.3 is 10.4 Å². The van der Waals surface area contributed by atoms with Crippen LogP contribution in [0.1, 0.15) is 32.3 Å². The number of amides is 1. The highest BCUT2D eigenvalue weighted by atomic mass is 32.2. The summed E-state index contributed by atoms with van der Waals surface area (Å²) in [5.74, 6) is -1.10. The largest absolute Gasteiger partial charge is 0.394 e. The van der Waals surface area contributed by atoms with Crippen molar-refractivity contribution in [2.45, 2.75) is 38.6 Å². The van der Waals surface area contributed by atoms with Gasteiger partial charge in [0.25, 0.3) is 0 Å². The van der Waals surface area contributed by atoms with Crippen LogP contribution in [0.5, 0.6) is 0 Å². The quantitative estimate of drug-likeness (QED) is 0.716. The van der Waals surface area contributed by atoms with Crippen molar-refractivity contribution in [3.05, 3.63) is 35.9 Å². The van der Waals surface area contributed by atoms with E-state index in [9.17, 15) is 18.3 Å². The Morgan fingerprint density at radius 2 is 1.91 bits per heavy atom. The van der Waals surface area contributed by atoms with Gasteiger partial charge in [0.15, 0.2) is 9.84 Å². The van der Waals surface area contributed by atoms with Crippen LogP contribution in [0.25, 0.3) is 0 Å². The number of aliphatic hydroxyl groups is 1. The van der Waals surface area contributed by atoms with Crippen LogP contribution >= 0.6 is 0 Å². The zero-order valence-corrected chi connectivity index (χ0v) is 14.0. The maximum absolute atomic E-state index is 12.0. The minimum Gasteiger partial charge on any atom is -0.394 e. The Bertz CT molecular complexity index is 565. The van der Waals surface area contributed by atoms with Crippen molar-refractivity contribution in [3.8, 4) is 0 Å². The lowest BCUT2D eigenvalue weighted by atomic mass is 10.0. The Hall–Kier alpha value is -1.40. The first-order valence-electron chi connectivity index (χ1n) is 7.46. The number of carbonyl (C=O) groups is 1. The molecular weight excluding hydrogens is 302 g/mol. The third-order valence-corrected chi connectivity index (χ3v) is 5.30. The highest BCUT2D eigenvalue weighted by Crippen LogP contribution is 2.08. The molecule has 0 aliphatic heterocycles. The number of rotatable bonds is 9. The van der Waals surface area contributed by atoms with Crippen LogP contribution in [0.15, 0.2) is 30.3 Å². The molecule has 0 bridgehead atoms. The summed E-state index contributed by atoms with van der Waals surface area (Å²) >= 11 is 0. The molecule has 124 valence electrons. The van der Waals surface area contributed by atoms with Crippen molar-refractivity contribution in [1.82, 2.24) is 5.32 Å². The number of carbonyl (C=O) groups excluding carboxylic acids is 1. The van der Waals surface area contributed by atoms with Crippen molar-refractivity contribution < 1.29 is 18.3 Å². The number of aliphatic hydroxyl groups excluding tert-OH is 1. The molecular formula is C16H25NO4S. The van der Waals surface area contributed by atoms with Crippen LogP contribution in [0, 0.1) is 0 Å². The molecule has 5 nitrogen and oxygen atoms in total. The van der Waals surface area contributed by atoms with E-state index >= 15 is 0 Å². The average molecular weight is 327 g/mol. The monoisotopic (exact) mass is 327 g/mol. The zero-order chi connectivity index (χ0) is 16.6. The van der Waals surface area contributed by atoms with E-state index in [1.807, 2.05) is 37.3 Å². The Morgan fingerprint density at radius 1 is 1.27 bits per heavy atom. The van der Waals surface area contributed by atoms with Crippen LogP contribution in [0.2, 0.25) is 0 Å². The highest BCUT2D eigenvalue weighted by Gasteiger charge is 2.25. The number of sulfone groups is 1. The van der Waals surface area contributed by atoms with Gasteiger partial charge in [-0.15, -0.1) is 0 Å². The summed E-state index contributed by atoms with van der Waals surface area (Å²) in [4.78, 5) is 11.8. The minimum atomic E-state index is -3.43. The summed E-state index contributed by atoms with van der Waals surface area (Å²) in [5.41, 5.74) is 0.317. The van der Waals surface area contributed by atoms with Crippen LogP contribution in [-0.2, 0) is 21.1 Å². The topological polar surface area (TPSA) is 83.5 Å². The molecule has 1 aromatic rings. The second-order valence-corrected chi connectivity index (χ2v) is 7.99. The molecule has 0 heterocycles. The fourth-order valence-electron chi connectivity index (χ4n) is 2.03. The van der Waals surface area contributed by atoms with E-state index in [0.717, 1.165) is 5.56 Å². The van der Waals surface area contributed by atoms with Gasteiger partial charge in [0.1, 0.15) is 5.75 Å². The van der Waals surface area contributed by atoms with Crippen LogP contribution < -0.4 is 5.32 Å². The highest BCUT2D eigenvalue weighted by molar-refractivity contribution is 7.92. The Morgan fingerprint density at radius 3 is 2.45 bits per heavy atom. The molecule has 0 aliphatic rings. The number of nitrogens with one attached hydrogen (secondary N) is 1. The van der Waals surface area contributed by atoms with Gasteiger partial charge in [-0.2, -0.15) is 0 Å². The van der Waals surface area contributed by atoms with E-state index in [-0.39, 0.29) is 12.4 Å². The van der Waals surface area contributed by atoms with Gasteiger partial charge in [-0.3, -0.25) is 4.79 Å². The van der Waals surface area contributed by atoms with Gasteiger partial charge in [-0.05, 0) is 31.7 Å². The lowest BCUT2D eigenvalue weighted by Gasteiger charge is -2.27. The van der Waals surface area contributed by atoms with Gasteiger partial charge in [-0.1, -0.05) is 37.3 Å². The third kappa shape index (κ3) is 6.58. The summed E-state index contributed by atoms with van der Waals surface area (Å²) in [6.45, 7) is 3.29. The van der Waals surface area contributed by atoms with Crippen LogP contribution in [0.3, 0.4) is 0 Å². The fraction of sp³-hybridized carbons (Fsp3) is 0.562. The molecule has 0 saturated heterocycles. The van der Waals surface area contributed by atoms with Crippen molar-refractivity contribution in [1.29, 1.82) is 0 Å². The maximum Gasteiger partial charge on any atom is 0.235 e. The Labute approximate surface area is 132 Å². The molecule has 1 rings (SSSR count). The SMILES string of the molecule is CCC(C)(CO)NC(=O)CS(=O)(=O)CCCc1ccccc1. The van der Waals surface area contributed by atoms with Crippen molar-refractivity contribution in [2.75, 3.05) is 18.1 Å². The average Bonchev–Trinajstić information content (AvgIpc) is 2.47. The van der Waals surface area contributed by atoms with E-state index < -0.39 is 27.0 Å². The molecule has 0 spiro atoms. The van der Waals surface area contributed by atoms with Gasteiger partial charge in [0.05, 0.1) is 17.9 Å². The second kappa shape index (κ2) is 8.29. The molecule has 0 radical (unpaired) electrons. The second-order valence-electron chi connectivity index (χ2n) is 5.80. The summed E-state index contributed by atoms with van der Waals surface area (Å²) in [7, 11) is -3.43. The Balaban J connectivity index is 2.45. The molecule has 0 saturated carbocycles. The van der Waals surface area contributed by atoms with Crippen molar-refractivity contribution in [2.24, 2.45) is 0 Å². The molecule has 1 aromatic carbocycles. The molecule has 22 heavy (non-hydrogen) atoms. The molecule has 0 fully saturated rings. The summed E-state index contributed by atoms with van der Waals surface area (Å²) < 4.78 is 23.9. The van der Waals surface area contributed by atoms with Crippen LogP contribution in [-0.4, -0.2) is 43.1 Å². The molecule has 0 aliphatic carbocycles. The first kappa shape index (κ1) is 18.6. The smallest absolute Gasteiger partial charge is 0.235 e. The first-order chi connectivity index (χ1) is 10.3. The lowest BCUT2D eigenvalue weighted by molar-refractivity contribution is -0.120. The molecule has 0 aromatic heterocycles. The summed E-state index contributed by atoms with van der Waals surface area (Å²) in [6, 6.07) is 9.65. The lowest BCUT2D eigenvalue weighted by Crippen LogP contribution is -2.50. The summed E-state index contributed by atoms with van der Waals surface area (Å²) in [6.07, 6.45) is 1.69. The predicted molar refractivity (Wildman–Crippen MR) is 87.3 cm³/mol. The third-order valence-electron chi connectivity index (χ3n) is 3.69. The predicted octanol–water partition coefficient (Wildman–Crippen LogP) is 1.31. The van der Waals surface area contributed by atoms with E-state index in [0.29, 0.717) is 19.3 Å². The number of hydrogen-bond donors (Lipinski definition) is 2. The van der Waals surface area contributed by atoms with Crippen molar-refractivity contribution in [3.63, 3.8) is 0 Å². The van der Waals surface area contributed by atoms with Crippen LogP contribution in [0.4, 0.5) is 0 Å². The number of benzene rings is 1. The summed E-state index contributed by atoms with van der Waals surface area (Å²) in [5, 5.41) is 11.8. The Kier molecular flexibility index (Phi) is 7.03. The van der Waals surface area contributed by atoms with Gasteiger partial charge in [0.2, 0.25) is 5.91 Å². The fourth-order valence-corrected chi connectivity index (χ4v) is 3.23. The first-order valence-corrected chi connectivity index (χ1v) is 9.28. The molecule has 1 amide bonds. The van der Waals surface area contributed by atoms with Gasteiger partial charge >= 0.3 is 0 Å². The van der Waals surface area contributed by atoms with E-state index in [4.69, 9.17) is 0 Å². The molecule has 2 N–H and O–H groups in total. The maximum atomic E-state index is 12.0. The van der Waals surface area contributed by atoms with Gasteiger partial charge in [0, 0.05) is 0 Å². The van der Waals surface area contributed by atoms with Gasteiger partial charge in [-0.25, -0.2) is 8.42 Å².